The van der Waals surface area contributed by atoms with Crippen molar-refractivity contribution in [2.24, 2.45) is 5.92 Å². The highest BCUT2D eigenvalue weighted by atomic mass is 35.5. The average molecular weight is 199 g/mol. The fourth-order valence-electron chi connectivity index (χ4n) is 1.41. The van der Waals surface area contributed by atoms with Crippen LogP contribution < -0.4 is 0 Å². The second-order valence-electron chi connectivity index (χ2n) is 3.60. The molecule has 0 aromatic rings. The summed E-state index contributed by atoms with van der Waals surface area (Å²) >= 11 is 6.25. The fraction of sp³-hybridized carbons (Fsp3) is 0.545. The van der Waals surface area contributed by atoms with Crippen molar-refractivity contribution < 1.29 is 4.79 Å². The molecule has 72 valence electrons. The van der Waals surface area contributed by atoms with Crippen LogP contribution in [-0.4, -0.2) is 10.7 Å². The molecule has 0 heterocycles. The maximum absolute atomic E-state index is 11.3. The number of alkyl halides is 1. The number of hydrogen-bond acceptors (Lipinski definition) is 1. The Hall–Kier alpha value is -0.560. The smallest absolute Gasteiger partial charge is 0.133 e. The van der Waals surface area contributed by atoms with Crippen LogP contribution in [0.25, 0.3) is 0 Å². The zero-order valence-electron chi connectivity index (χ0n) is 8.09. The maximum atomic E-state index is 11.3. The zero-order valence-corrected chi connectivity index (χ0v) is 8.84. The lowest BCUT2D eigenvalue weighted by Crippen LogP contribution is -2.28. The van der Waals surface area contributed by atoms with Gasteiger partial charge in [0.05, 0.1) is 4.87 Å². The standard InChI is InChI=1S/C11H15ClO/c1-3-10(13)8-9-6-4-5-7-11(9,2)12/h4-7,9H,3,8H2,1-2H3. The van der Waals surface area contributed by atoms with Crippen LogP contribution in [0.2, 0.25) is 0 Å². The van der Waals surface area contributed by atoms with Crippen molar-refractivity contribution in [3.05, 3.63) is 24.3 Å². The van der Waals surface area contributed by atoms with E-state index in [2.05, 4.69) is 0 Å². The third kappa shape index (κ3) is 2.70. The molecule has 0 bridgehead atoms. The van der Waals surface area contributed by atoms with Crippen LogP contribution in [0.15, 0.2) is 24.3 Å². The highest BCUT2D eigenvalue weighted by Gasteiger charge is 2.29. The molecule has 2 heteroatoms. The van der Waals surface area contributed by atoms with Crippen LogP contribution >= 0.6 is 11.6 Å². The third-order valence-corrected chi connectivity index (χ3v) is 2.85. The summed E-state index contributed by atoms with van der Waals surface area (Å²) in [7, 11) is 0. The first-order chi connectivity index (χ1) is 6.06. The molecule has 0 radical (unpaired) electrons. The van der Waals surface area contributed by atoms with Crippen molar-refractivity contribution in [1.82, 2.24) is 0 Å². The van der Waals surface area contributed by atoms with Crippen LogP contribution in [0.5, 0.6) is 0 Å². The summed E-state index contributed by atoms with van der Waals surface area (Å²) in [4.78, 5) is 10.9. The number of Topliss-reactive ketones (excluding diaryl/α,β-unsaturated/α-hetero) is 1. The number of halogens is 1. The Morgan fingerprint density at radius 2 is 2.23 bits per heavy atom. The quantitative estimate of drug-likeness (QED) is 0.637. The van der Waals surface area contributed by atoms with E-state index < -0.39 is 0 Å². The molecule has 0 aromatic heterocycles. The van der Waals surface area contributed by atoms with Gasteiger partial charge >= 0.3 is 0 Å². The van der Waals surface area contributed by atoms with Gasteiger partial charge in [0.25, 0.3) is 0 Å². The summed E-state index contributed by atoms with van der Waals surface area (Å²) in [5.74, 6) is 0.420. The minimum absolute atomic E-state index is 0.145. The monoisotopic (exact) mass is 198 g/mol. The average Bonchev–Trinajstić information content (AvgIpc) is 2.08. The predicted octanol–water partition coefficient (Wildman–Crippen LogP) is 3.10. The number of carbonyl (C=O) groups is 1. The predicted molar refractivity (Wildman–Crippen MR) is 55.9 cm³/mol. The molecule has 2 atom stereocenters. The van der Waals surface area contributed by atoms with Crippen molar-refractivity contribution in [2.45, 2.75) is 31.6 Å². The third-order valence-electron chi connectivity index (χ3n) is 2.44. The largest absolute Gasteiger partial charge is 0.300 e. The lowest BCUT2D eigenvalue weighted by Gasteiger charge is -2.28. The molecule has 1 aliphatic rings. The van der Waals surface area contributed by atoms with Crippen LogP contribution in [0.3, 0.4) is 0 Å². The summed E-state index contributed by atoms with van der Waals surface area (Å²) in [6, 6.07) is 0. The Morgan fingerprint density at radius 3 is 2.77 bits per heavy atom. The Morgan fingerprint density at radius 1 is 1.54 bits per heavy atom. The first kappa shape index (κ1) is 10.5. The molecule has 13 heavy (non-hydrogen) atoms. The van der Waals surface area contributed by atoms with Crippen molar-refractivity contribution >= 4 is 17.4 Å². The van der Waals surface area contributed by atoms with Gasteiger partial charge in [0.1, 0.15) is 5.78 Å². The maximum Gasteiger partial charge on any atom is 0.133 e. The second-order valence-corrected chi connectivity index (χ2v) is 4.41. The lowest BCUT2D eigenvalue weighted by atomic mass is 9.85. The van der Waals surface area contributed by atoms with Gasteiger partial charge in [-0.15, -0.1) is 11.6 Å². The SMILES string of the molecule is CCC(=O)CC1C=CC=CC1(C)Cl. The van der Waals surface area contributed by atoms with E-state index >= 15 is 0 Å². The minimum atomic E-state index is -0.389. The molecule has 1 nitrogen and oxygen atoms in total. The van der Waals surface area contributed by atoms with Gasteiger partial charge in [-0.2, -0.15) is 0 Å². The van der Waals surface area contributed by atoms with Crippen molar-refractivity contribution in [1.29, 1.82) is 0 Å². The number of ketones is 1. The van der Waals surface area contributed by atoms with Crippen molar-refractivity contribution in [3.8, 4) is 0 Å². The Balaban J connectivity index is 2.64. The zero-order chi connectivity index (χ0) is 9.90. The number of allylic oxidation sites excluding steroid dienone is 4. The molecule has 2 unspecified atom stereocenters. The molecular weight excluding hydrogens is 184 g/mol. The van der Waals surface area contributed by atoms with E-state index in [0.29, 0.717) is 12.8 Å². The molecule has 1 aliphatic carbocycles. The van der Waals surface area contributed by atoms with Gasteiger partial charge in [0, 0.05) is 18.8 Å². The Kier molecular flexibility index (Phi) is 3.32. The molecule has 1 rings (SSSR count). The van der Waals surface area contributed by atoms with E-state index in [1.807, 2.05) is 38.2 Å². The highest BCUT2D eigenvalue weighted by Crippen LogP contribution is 2.33. The number of carbonyl (C=O) groups excluding carboxylic acids is 1. The molecule has 0 amide bonds. The summed E-state index contributed by atoms with van der Waals surface area (Å²) in [5.41, 5.74) is 0. The van der Waals surface area contributed by atoms with Gasteiger partial charge in [0.15, 0.2) is 0 Å². The molecule has 0 aromatic carbocycles. The molecule has 0 spiro atoms. The van der Waals surface area contributed by atoms with Gasteiger partial charge in [-0.3, -0.25) is 4.79 Å². The van der Waals surface area contributed by atoms with E-state index in [9.17, 15) is 4.79 Å². The van der Waals surface area contributed by atoms with Gasteiger partial charge in [-0.25, -0.2) is 0 Å². The van der Waals surface area contributed by atoms with E-state index in [0.717, 1.165) is 0 Å². The van der Waals surface area contributed by atoms with Crippen LogP contribution in [0.4, 0.5) is 0 Å². The molecule has 0 saturated carbocycles. The first-order valence-corrected chi connectivity index (χ1v) is 5.00. The van der Waals surface area contributed by atoms with Crippen LogP contribution in [0.1, 0.15) is 26.7 Å². The van der Waals surface area contributed by atoms with Gasteiger partial charge in [-0.05, 0) is 6.92 Å². The number of hydrogen-bond donors (Lipinski definition) is 0. The fourth-order valence-corrected chi connectivity index (χ4v) is 1.63. The van der Waals surface area contributed by atoms with Gasteiger partial charge < -0.3 is 0 Å². The van der Waals surface area contributed by atoms with Gasteiger partial charge in [-0.1, -0.05) is 31.2 Å². The van der Waals surface area contributed by atoms with Gasteiger partial charge in [0.2, 0.25) is 0 Å². The van der Waals surface area contributed by atoms with E-state index in [-0.39, 0.29) is 16.6 Å². The van der Waals surface area contributed by atoms with Crippen LogP contribution in [0, 0.1) is 5.92 Å². The summed E-state index contributed by atoms with van der Waals surface area (Å²) in [5, 5.41) is 0. The second kappa shape index (κ2) is 4.10. The normalized spacial score (nSPS) is 32.1. The van der Waals surface area contributed by atoms with E-state index in [4.69, 9.17) is 11.6 Å². The van der Waals surface area contributed by atoms with Crippen molar-refractivity contribution in [2.75, 3.05) is 0 Å². The van der Waals surface area contributed by atoms with E-state index in [1.165, 1.54) is 0 Å². The topological polar surface area (TPSA) is 17.1 Å². The number of rotatable bonds is 3. The Bertz CT molecular complexity index is 251. The minimum Gasteiger partial charge on any atom is -0.300 e. The lowest BCUT2D eigenvalue weighted by molar-refractivity contribution is -0.119. The summed E-state index contributed by atoms with van der Waals surface area (Å²) in [6.07, 6.45) is 9.00. The van der Waals surface area contributed by atoms with Crippen molar-refractivity contribution in [3.63, 3.8) is 0 Å². The molecule has 0 N–H and O–H groups in total. The van der Waals surface area contributed by atoms with Crippen LogP contribution in [-0.2, 0) is 4.79 Å². The molecule has 0 fully saturated rings. The molecule has 0 aliphatic heterocycles. The summed E-state index contributed by atoms with van der Waals surface area (Å²) < 4.78 is 0. The van der Waals surface area contributed by atoms with E-state index in [1.54, 1.807) is 0 Å². The summed E-state index contributed by atoms with van der Waals surface area (Å²) in [6.45, 7) is 3.83. The molecule has 0 saturated heterocycles. The molecular formula is C11H15ClO. The highest BCUT2D eigenvalue weighted by molar-refractivity contribution is 6.25. The Labute approximate surface area is 84.5 Å². The first-order valence-electron chi connectivity index (χ1n) is 4.63.